The van der Waals surface area contributed by atoms with Crippen LogP contribution in [-0.2, 0) is 19.1 Å². The number of hydrogen-bond donors (Lipinski definition) is 1. The minimum Gasteiger partial charge on any atom is -0.462 e. The Hall–Kier alpha value is -4.74. The van der Waals surface area contributed by atoms with Gasteiger partial charge in [-0.2, -0.15) is 0 Å². The molecule has 0 aliphatic carbocycles. The van der Waals surface area contributed by atoms with E-state index < -0.39 is 6.10 Å². The van der Waals surface area contributed by atoms with Crippen molar-refractivity contribution in [3.05, 3.63) is 170 Å². The molecule has 0 radical (unpaired) electrons. The van der Waals surface area contributed by atoms with Crippen molar-refractivity contribution in [2.45, 2.75) is 302 Å². The molecule has 0 aromatic rings. The molecule has 1 unspecified atom stereocenters. The molecule has 1 atom stereocenters. The van der Waals surface area contributed by atoms with Crippen LogP contribution in [0.4, 0.5) is 0 Å². The van der Waals surface area contributed by atoms with Crippen LogP contribution < -0.4 is 0 Å². The van der Waals surface area contributed by atoms with Gasteiger partial charge in [0, 0.05) is 12.8 Å². The summed E-state index contributed by atoms with van der Waals surface area (Å²) in [5, 5.41) is 9.70. The first-order chi connectivity index (χ1) is 41.6. The number of unbranched alkanes of at least 4 members (excludes halogenated alkanes) is 26. The molecule has 0 saturated heterocycles. The summed E-state index contributed by atoms with van der Waals surface area (Å²) < 4.78 is 10.8. The van der Waals surface area contributed by atoms with E-state index in [0.717, 1.165) is 135 Å². The van der Waals surface area contributed by atoms with E-state index in [2.05, 4.69) is 184 Å². The molecule has 0 heterocycles. The number of ether oxygens (including phenoxy) is 2. The molecule has 0 saturated carbocycles. The Morgan fingerprint density at radius 3 is 0.714 bits per heavy atom. The number of carbonyl (C=O) groups excluding carboxylic acids is 2. The smallest absolute Gasteiger partial charge is 0.306 e. The fourth-order valence-corrected chi connectivity index (χ4v) is 9.40. The Morgan fingerprint density at radius 2 is 0.476 bits per heavy atom. The molecular formula is C79H128O5. The van der Waals surface area contributed by atoms with Crippen LogP contribution in [0.1, 0.15) is 296 Å². The van der Waals surface area contributed by atoms with Gasteiger partial charge in [0.15, 0.2) is 6.10 Å². The van der Waals surface area contributed by atoms with Crippen molar-refractivity contribution in [3.8, 4) is 0 Å². The first-order valence-electron chi connectivity index (χ1n) is 34.7. The van der Waals surface area contributed by atoms with Crippen molar-refractivity contribution in [1.82, 2.24) is 0 Å². The lowest BCUT2D eigenvalue weighted by Crippen LogP contribution is -2.28. The quantitative estimate of drug-likeness (QED) is 0.0373. The maximum Gasteiger partial charge on any atom is 0.306 e. The second-order valence-corrected chi connectivity index (χ2v) is 22.5. The minimum atomic E-state index is -0.789. The number of aliphatic hydroxyl groups is 1. The van der Waals surface area contributed by atoms with Gasteiger partial charge in [0.25, 0.3) is 0 Å². The predicted octanol–water partition coefficient (Wildman–Crippen LogP) is 24.4. The van der Waals surface area contributed by atoms with E-state index in [1.54, 1.807) is 0 Å². The highest BCUT2D eigenvalue weighted by molar-refractivity contribution is 5.70. The Bertz CT molecular complexity index is 1840. The molecule has 5 nitrogen and oxygen atoms in total. The number of aliphatic hydroxyl groups excluding tert-OH is 1. The van der Waals surface area contributed by atoms with Gasteiger partial charge in [-0.15, -0.1) is 0 Å². The van der Waals surface area contributed by atoms with Crippen LogP contribution in [0.5, 0.6) is 0 Å². The molecular weight excluding hydrogens is 1030 g/mol. The molecule has 0 aromatic heterocycles. The summed E-state index contributed by atoms with van der Waals surface area (Å²) in [7, 11) is 0. The fraction of sp³-hybridized carbons (Fsp3) is 0.620. The zero-order valence-corrected chi connectivity index (χ0v) is 54.4. The third-order valence-electron chi connectivity index (χ3n) is 14.5. The van der Waals surface area contributed by atoms with Crippen molar-refractivity contribution in [3.63, 3.8) is 0 Å². The second kappa shape index (κ2) is 72.5. The first kappa shape index (κ1) is 79.3. The van der Waals surface area contributed by atoms with Crippen LogP contribution in [0.15, 0.2) is 170 Å². The van der Waals surface area contributed by atoms with Crippen LogP contribution >= 0.6 is 0 Å². The number of esters is 2. The summed E-state index contributed by atoms with van der Waals surface area (Å²) in [6.45, 7) is 3.92. The SMILES string of the molecule is CC/C=C\C/C=C\C/C=C\C/C=C\C/C=C\C/C=C\C/C=C\C/C=C\CCCCCCCCCCC(=O)OC(CO)COC(=O)CCCCCCCCCCCCCCCCCCCC/C=C\C/C=C\C/C=C\C/C=C\C/C=C\C/C=C\CC. The topological polar surface area (TPSA) is 72.8 Å². The van der Waals surface area contributed by atoms with Crippen molar-refractivity contribution < 1.29 is 24.2 Å². The normalized spacial score (nSPS) is 13.3. The number of carbonyl (C=O) groups is 2. The first-order valence-corrected chi connectivity index (χ1v) is 34.7. The van der Waals surface area contributed by atoms with Gasteiger partial charge in [-0.1, -0.05) is 325 Å². The molecule has 474 valence electrons. The van der Waals surface area contributed by atoms with Crippen LogP contribution in [-0.4, -0.2) is 36.4 Å². The lowest BCUT2D eigenvalue weighted by atomic mass is 10.0. The average molecular weight is 1160 g/mol. The van der Waals surface area contributed by atoms with Crippen molar-refractivity contribution in [2.24, 2.45) is 0 Å². The van der Waals surface area contributed by atoms with E-state index in [1.807, 2.05) is 0 Å². The Labute approximate surface area is 519 Å². The summed E-state index contributed by atoms with van der Waals surface area (Å²) in [5.74, 6) is -0.601. The van der Waals surface area contributed by atoms with Crippen molar-refractivity contribution in [1.29, 1.82) is 0 Å². The van der Waals surface area contributed by atoms with Crippen molar-refractivity contribution >= 4 is 11.9 Å². The van der Waals surface area contributed by atoms with Gasteiger partial charge in [0.05, 0.1) is 6.61 Å². The van der Waals surface area contributed by atoms with Gasteiger partial charge in [-0.05, 0) is 128 Å². The lowest BCUT2D eigenvalue weighted by molar-refractivity contribution is -0.161. The van der Waals surface area contributed by atoms with Crippen LogP contribution in [0, 0.1) is 0 Å². The summed E-state index contributed by atoms with van der Waals surface area (Å²) in [6, 6.07) is 0. The van der Waals surface area contributed by atoms with E-state index in [9.17, 15) is 14.7 Å². The van der Waals surface area contributed by atoms with E-state index in [0.29, 0.717) is 12.8 Å². The van der Waals surface area contributed by atoms with Crippen LogP contribution in [0.3, 0.4) is 0 Å². The summed E-state index contributed by atoms with van der Waals surface area (Å²) in [6.07, 6.45) is 112. The molecule has 0 rings (SSSR count). The molecule has 0 aliphatic heterocycles. The molecule has 0 aliphatic rings. The summed E-state index contributed by atoms with van der Waals surface area (Å²) >= 11 is 0. The van der Waals surface area contributed by atoms with Crippen LogP contribution in [0.25, 0.3) is 0 Å². The fourth-order valence-electron chi connectivity index (χ4n) is 9.40. The molecule has 1 N–H and O–H groups in total. The van der Waals surface area contributed by atoms with Crippen molar-refractivity contribution in [2.75, 3.05) is 13.2 Å². The number of rotatable bonds is 62. The van der Waals surface area contributed by atoms with Gasteiger partial charge in [0.1, 0.15) is 6.61 Å². The van der Waals surface area contributed by atoms with E-state index >= 15 is 0 Å². The Morgan fingerprint density at radius 1 is 0.274 bits per heavy atom. The lowest BCUT2D eigenvalue weighted by Gasteiger charge is -2.15. The Balaban J connectivity index is 3.53. The molecule has 0 spiro atoms. The predicted molar refractivity (Wildman–Crippen MR) is 370 cm³/mol. The van der Waals surface area contributed by atoms with E-state index in [1.165, 1.54) is 135 Å². The van der Waals surface area contributed by atoms with Gasteiger partial charge < -0.3 is 14.6 Å². The molecule has 0 fully saturated rings. The third kappa shape index (κ3) is 69.8. The van der Waals surface area contributed by atoms with E-state index in [4.69, 9.17) is 9.47 Å². The highest BCUT2D eigenvalue weighted by Gasteiger charge is 2.16. The molecule has 0 aromatic carbocycles. The standard InChI is InChI=1S/C79H128O5/c1-3-5-7-9-11-13-15-17-19-21-23-25-27-29-31-33-35-37-38-39-40-42-43-45-47-49-51-53-55-57-59-61-63-65-67-69-71-73-78(81)83-76-77(75-80)84-79(82)74-72-70-68-66-64-62-60-58-56-54-52-50-48-46-44-41-36-34-32-30-28-26-24-22-20-18-16-14-12-10-8-6-4-2/h5-8,11-14,17-20,23-26,29-32,35-37,41,46,48,52,54,77,80H,3-4,9-10,15-16,21-22,27-28,33-34,38-40,42-45,47,49-51,53,55-76H2,1-2H3/b7-5-,8-6-,13-11-,14-12-,19-17-,20-18-,25-23-,26-24-,31-29-,32-30-,37-35-,41-36-,48-46-,54-52-. The second-order valence-electron chi connectivity index (χ2n) is 22.5. The number of allylic oxidation sites excluding steroid dienone is 28. The van der Waals surface area contributed by atoms with Gasteiger partial charge in [-0.3, -0.25) is 9.59 Å². The van der Waals surface area contributed by atoms with Gasteiger partial charge >= 0.3 is 11.9 Å². The largest absolute Gasteiger partial charge is 0.462 e. The maximum atomic E-state index is 12.4. The minimum absolute atomic E-state index is 0.0764. The zero-order chi connectivity index (χ0) is 60.5. The van der Waals surface area contributed by atoms with Gasteiger partial charge in [-0.25, -0.2) is 0 Å². The molecule has 5 heteroatoms. The zero-order valence-electron chi connectivity index (χ0n) is 54.4. The van der Waals surface area contributed by atoms with Gasteiger partial charge in [0.2, 0.25) is 0 Å². The highest BCUT2D eigenvalue weighted by Crippen LogP contribution is 2.16. The third-order valence-corrected chi connectivity index (χ3v) is 14.5. The van der Waals surface area contributed by atoms with E-state index in [-0.39, 0.29) is 25.2 Å². The summed E-state index contributed by atoms with van der Waals surface area (Å²) in [4.78, 5) is 24.7. The molecule has 0 amide bonds. The molecule has 84 heavy (non-hydrogen) atoms. The molecule has 0 bridgehead atoms. The maximum absolute atomic E-state index is 12.4. The Kier molecular flexibility index (Phi) is 68.4. The van der Waals surface area contributed by atoms with Crippen LogP contribution in [0.2, 0.25) is 0 Å². The average Bonchev–Trinajstić information content (AvgIpc) is 3.51. The highest BCUT2D eigenvalue weighted by atomic mass is 16.6. The monoisotopic (exact) mass is 1160 g/mol. The summed E-state index contributed by atoms with van der Waals surface area (Å²) in [5.41, 5.74) is 0. The number of hydrogen-bond acceptors (Lipinski definition) is 5.